The molecular weight excluding hydrogens is 255 g/mol. The minimum Gasteiger partial charge on any atom is -0.267 e. The van der Waals surface area contributed by atoms with Crippen molar-refractivity contribution in [1.82, 2.24) is 4.98 Å². The number of alkyl halides is 1. The molecule has 1 unspecified atom stereocenters. The Kier molecular flexibility index (Phi) is 4.49. The fraction of sp³-hybridized carbons (Fsp3) is 0.444. The van der Waals surface area contributed by atoms with Crippen molar-refractivity contribution in [2.24, 2.45) is 5.92 Å². The van der Waals surface area contributed by atoms with Crippen LogP contribution in [0.3, 0.4) is 0 Å². The van der Waals surface area contributed by atoms with E-state index >= 15 is 0 Å². The molecule has 0 saturated heterocycles. The first-order chi connectivity index (χ1) is 7.43. The Morgan fingerprint density at radius 3 is 2.75 bits per heavy atom. The molecule has 7 heteroatoms. The van der Waals surface area contributed by atoms with Gasteiger partial charge < -0.3 is 0 Å². The molecule has 0 saturated carbocycles. The molecule has 1 aromatic heterocycles. The Hall–Kier alpha value is -0.880. The van der Waals surface area contributed by atoms with Gasteiger partial charge in [-0.3, -0.25) is 4.72 Å². The Balaban J connectivity index is 2.69. The van der Waals surface area contributed by atoms with E-state index in [1.54, 1.807) is 6.92 Å². The molecule has 0 aromatic carbocycles. The summed E-state index contributed by atoms with van der Waals surface area (Å²) in [6.45, 7) is 1.73. The van der Waals surface area contributed by atoms with Crippen molar-refractivity contribution >= 4 is 27.4 Å². The van der Waals surface area contributed by atoms with E-state index in [4.69, 9.17) is 11.6 Å². The number of rotatable bonds is 5. The number of aromatic nitrogens is 1. The Morgan fingerprint density at radius 2 is 2.25 bits per heavy atom. The highest BCUT2D eigenvalue weighted by Gasteiger charge is 2.15. The normalized spacial score (nSPS) is 13.4. The lowest BCUT2D eigenvalue weighted by atomic mass is 10.3. The summed E-state index contributed by atoms with van der Waals surface area (Å²) in [6.07, 6.45) is 0.947. The summed E-state index contributed by atoms with van der Waals surface area (Å²) in [4.78, 5) is 3.60. The minimum atomic E-state index is -3.48. The second-order valence-corrected chi connectivity index (χ2v) is 5.58. The van der Waals surface area contributed by atoms with Gasteiger partial charge in [0.1, 0.15) is 11.6 Å². The fourth-order valence-corrected chi connectivity index (χ4v) is 2.68. The van der Waals surface area contributed by atoms with Gasteiger partial charge in [-0.05, 0) is 18.1 Å². The molecular formula is C9H12ClFN2O2S. The number of hydrogen-bond acceptors (Lipinski definition) is 3. The van der Waals surface area contributed by atoms with Crippen molar-refractivity contribution in [3.63, 3.8) is 0 Å². The molecule has 0 aliphatic rings. The number of nitrogens with one attached hydrogen (secondary N) is 1. The van der Waals surface area contributed by atoms with Crippen molar-refractivity contribution < 1.29 is 12.8 Å². The first-order valence-electron chi connectivity index (χ1n) is 4.61. The first kappa shape index (κ1) is 13.2. The van der Waals surface area contributed by atoms with E-state index in [0.717, 1.165) is 12.3 Å². The molecule has 0 fully saturated rings. The average molecular weight is 267 g/mol. The smallest absolute Gasteiger partial charge is 0.234 e. The molecule has 1 rings (SSSR count). The molecule has 1 heterocycles. The molecule has 16 heavy (non-hydrogen) atoms. The van der Waals surface area contributed by atoms with E-state index in [2.05, 4.69) is 9.71 Å². The van der Waals surface area contributed by atoms with Crippen LogP contribution in [-0.2, 0) is 10.0 Å². The molecule has 1 aromatic rings. The zero-order valence-corrected chi connectivity index (χ0v) is 10.2. The van der Waals surface area contributed by atoms with E-state index < -0.39 is 15.8 Å². The van der Waals surface area contributed by atoms with Crippen LogP contribution in [0.25, 0.3) is 0 Å². The standard InChI is InChI=1S/C9H12ClFN2O2S/c1-7(4-10)6-16(14,15)13-9-3-2-8(11)5-12-9/h2-3,5,7H,4,6H2,1H3,(H,12,13). The highest BCUT2D eigenvalue weighted by molar-refractivity contribution is 7.92. The third-order valence-electron chi connectivity index (χ3n) is 1.75. The van der Waals surface area contributed by atoms with Gasteiger partial charge in [0.15, 0.2) is 0 Å². The van der Waals surface area contributed by atoms with Crippen molar-refractivity contribution in [2.45, 2.75) is 6.92 Å². The monoisotopic (exact) mass is 266 g/mol. The van der Waals surface area contributed by atoms with Crippen LogP contribution in [0.2, 0.25) is 0 Å². The lowest BCUT2D eigenvalue weighted by molar-refractivity contribution is 0.588. The second-order valence-electron chi connectivity index (χ2n) is 3.50. The van der Waals surface area contributed by atoms with E-state index in [1.807, 2.05) is 0 Å². The van der Waals surface area contributed by atoms with E-state index in [9.17, 15) is 12.8 Å². The van der Waals surface area contributed by atoms with Crippen molar-refractivity contribution in [1.29, 1.82) is 0 Å². The molecule has 90 valence electrons. The number of anilines is 1. The van der Waals surface area contributed by atoms with E-state index in [1.165, 1.54) is 6.07 Å². The minimum absolute atomic E-state index is 0.0877. The van der Waals surface area contributed by atoms with E-state index in [-0.39, 0.29) is 23.4 Å². The summed E-state index contributed by atoms with van der Waals surface area (Å²) in [7, 11) is -3.48. The van der Waals surface area contributed by atoms with Gasteiger partial charge in [0, 0.05) is 5.88 Å². The zero-order chi connectivity index (χ0) is 12.2. The van der Waals surface area contributed by atoms with Crippen molar-refractivity contribution in [2.75, 3.05) is 16.4 Å². The Labute approximate surface area is 98.9 Å². The predicted molar refractivity (Wildman–Crippen MR) is 61.5 cm³/mol. The summed E-state index contributed by atoms with van der Waals surface area (Å²) in [6, 6.07) is 2.40. The summed E-state index contributed by atoms with van der Waals surface area (Å²) in [5, 5.41) is 0. The Morgan fingerprint density at radius 1 is 1.56 bits per heavy atom. The Bertz CT molecular complexity index is 435. The highest BCUT2D eigenvalue weighted by Crippen LogP contribution is 2.09. The number of nitrogens with zero attached hydrogens (tertiary/aromatic N) is 1. The van der Waals surface area contributed by atoms with Crippen LogP contribution in [0.4, 0.5) is 10.2 Å². The van der Waals surface area contributed by atoms with Gasteiger partial charge in [0.05, 0.1) is 11.9 Å². The largest absolute Gasteiger partial charge is 0.267 e. The van der Waals surface area contributed by atoms with Crippen LogP contribution in [0.15, 0.2) is 18.3 Å². The number of hydrogen-bond donors (Lipinski definition) is 1. The summed E-state index contributed by atoms with van der Waals surface area (Å²) < 4.78 is 37.9. The van der Waals surface area contributed by atoms with Gasteiger partial charge in [-0.15, -0.1) is 11.6 Å². The maximum atomic E-state index is 12.5. The van der Waals surface area contributed by atoms with Gasteiger partial charge in [0.25, 0.3) is 0 Å². The second kappa shape index (κ2) is 5.45. The van der Waals surface area contributed by atoms with Crippen LogP contribution < -0.4 is 4.72 Å². The summed E-state index contributed by atoms with van der Waals surface area (Å²) in [5.41, 5.74) is 0. The predicted octanol–water partition coefficient (Wildman–Crippen LogP) is 1.84. The molecule has 0 spiro atoms. The van der Waals surface area contributed by atoms with Crippen LogP contribution >= 0.6 is 11.6 Å². The number of sulfonamides is 1. The van der Waals surface area contributed by atoms with Gasteiger partial charge in [-0.1, -0.05) is 6.92 Å². The maximum Gasteiger partial charge on any atom is 0.234 e. The molecule has 0 amide bonds. The summed E-state index contributed by atoms with van der Waals surface area (Å²) in [5.74, 6) is -0.396. The maximum absolute atomic E-state index is 12.5. The summed E-state index contributed by atoms with van der Waals surface area (Å²) >= 11 is 5.52. The van der Waals surface area contributed by atoms with Crippen LogP contribution in [0.1, 0.15) is 6.92 Å². The molecule has 0 aliphatic heterocycles. The SMILES string of the molecule is CC(CCl)CS(=O)(=O)Nc1ccc(F)cn1. The zero-order valence-electron chi connectivity index (χ0n) is 8.65. The third-order valence-corrected chi connectivity index (χ3v) is 3.81. The molecule has 0 aliphatic carbocycles. The topological polar surface area (TPSA) is 59.1 Å². The lowest BCUT2D eigenvalue weighted by Crippen LogP contribution is -2.22. The van der Waals surface area contributed by atoms with Crippen molar-refractivity contribution in [3.05, 3.63) is 24.1 Å². The highest BCUT2D eigenvalue weighted by atomic mass is 35.5. The van der Waals surface area contributed by atoms with Gasteiger partial charge in [-0.25, -0.2) is 17.8 Å². The molecule has 0 radical (unpaired) electrons. The van der Waals surface area contributed by atoms with Gasteiger partial charge >= 0.3 is 0 Å². The molecule has 1 N–H and O–H groups in total. The van der Waals surface area contributed by atoms with Gasteiger partial charge in [0.2, 0.25) is 10.0 Å². The van der Waals surface area contributed by atoms with E-state index in [0.29, 0.717) is 0 Å². The third kappa shape index (κ3) is 4.32. The van der Waals surface area contributed by atoms with Crippen LogP contribution in [-0.4, -0.2) is 25.0 Å². The van der Waals surface area contributed by atoms with Crippen molar-refractivity contribution in [3.8, 4) is 0 Å². The molecule has 4 nitrogen and oxygen atoms in total. The molecule has 0 bridgehead atoms. The van der Waals surface area contributed by atoms with Gasteiger partial charge in [-0.2, -0.15) is 0 Å². The van der Waals surface area contributed by atoms with Crippen LogP contribution in [0, 0.1) is 11.7 Å². The average Bonchev–Trinajstić information content (AvgIpc) is 2.20. The number of pyridine rings is 1. The first-order valence-corrected chi connectivity index (χ1v) is 6.79. The lowest BCUT2D eigenvalue weighted by Gasteiger charge is -2.10. The molecule has 1 atom stereocenters. The number of halogens is 2. The van der Waals surface area contributed by atoms with Crippen LogP contribution in [0.5, 0.6) is 0 Å². The quantitative estimate of drug-likeness (QED) is 0.828. The fourth-order valence-electron chi connectivity index (χ4n) is 1.06.